The molecule has 0 unspecified atom stereocenters. The quantitative estimate of drug-likeness (QED) is 0.629. The molecule has 0 aliphatic carbocycles. The normalized spacial score (nSPS) is 10.0. The van der Waals surface area contributed by atoms with Crippen molar-refractivity contribution in [1.82, 2.24) is 4.98 Å². The van der Waals surface area contributed by atoms with Crippen molar-refractivity contribution in [2.24, 2.45) is 0 Å². The van der Waals surface area contributed by atoms with Gasteiger partial charge in [-0.15, -0.1) is 0 Å². The zero-order chi connectivity index (χ0) is 8.43. The largest absolute Gasteiger partial charge is 0.507 e. The number of rotatable bonds is 1. The molecule has 0 amide bonds. The zero-order valence-electron chi connectivity index (χ0n) is 6.02. The molecular weight excluding hydrogens is 166 g/mol. The molecule has 0 aliphatic rings. The molecule has 1 rings (SSSR count). The monoisotopic (exact) mass is 173 g/mol. The first-order valence-corrected chi connectivity index (χ1v) is 3.63. The van der Waals surface area contributed by atoms with E-state index in [1.807, 2.05) is 6.92 Å². The number of aromatic amines is 1. The lowest BCUT2D eigenvalue weighted by Gasteiger charge is -2.01. The predicted molar refractivity (Wildman–Crippen MR) is 43.1 cm³/mol. The maximum Gasteiger partial charge on any atom is 0.252 e. The summed E-state index contributed by atoms with van der Waals surface area (Å²) in [4.78, 5) is 13.1. The highest BCUT2D eigenvalue weighted by Crippen LogP contribution is 2.20. The fourth-order valence-electron chi connectivity index (χ4n) is 0.880. The van der Waals surface area contributed by atoms with Gasteiger partial charge in [0.15, 0.2) is 0 Å². The van der Waals surface area contributed by atoms with Crippen LogP contribution in [0.2, 0.25) is 5.15 Å². The summed E-state index contributed by atoms with van der Waals surface area (Å²) in [5, 5.41) is 9.39. The van der Waals surface area contributed by atoms with Gasteiger partial charge in [-0.2, -0.15) is 0 Å². The Labute approximate surface area is 68.6 Å². The molecule has 0 aliphatic heterocycles. The Morgan fingerprint density at radius 1 is 1.73 bits per heavy atom. The van der Waals surface area contributed by atoms with Crippen LogP contribution in [0.25, 0.3) is 0 Å². The molecule has 0 fully saturated rings. The van der Waals surface area contributed by atoms with Gasteiger partial charge >= 0.3 is 0 Å². The number of H-pyrrole nitrogens is 1. The van der Waals surface area contributed by atoms with Crippen molar-refractivity contribution in [3.05, 3.63) is 27.1 Å². The van der Waals surface area contributed by atoms with E-state index in [1.165, 1.54) is 0 Å². The van der Waals surface area contributed by atoms with E-state index in [9.17, 15) is 4.79 Å². The molecule has 0 aromatic carbocycles. The molecule has 1 aromatic heterocycles. The molecule has 2 N–H and O–H groups in total. The summed E-state index contributed by atoms with van der Waals surface area (Å²) in [5.74, 6) is -0.0405. The SMILES string of the molecule is CCc1c(O)cc(=O)[nH]c1Cl. The van der Waals surface area contributed by atoms with Crippen LogP contribution >= 0.6 is 11.6 Å². The fraction of sp³-hybridized carbons (Fsp3) is 0.286. The first-order valence-electron chi connectivity index (χ1n) is 3.25. The summed E-state index contributed by atoms with van der Waals surface area (Å²) in [7, 11) is 0. The van der Waals surface area contributed by atoms with Crippen molar-refractivity contribution < 1.29 is 5.11 Å². The van der Waals surface area contributed by atoms with Gasteiger partial charge in [0.2, 0.25) is 0 Å². The molecule has 0 radical (unpaired) electrons. The van der Waals surface area contributed by atoms with Crippen molar-refractivity contribution in [2.75, 3.05) is 0 Å². The van der Waals surface area contributed by atoms with Crippen molar-refractivity contribution in [1.29, 1.82) is 0 Å². The van der Waals surface area contributed by atoms with Crippen LogP contribution in [0.15, 0.2) is 10.9 Å². The lowest BCUT2D eigenvalue weighted by atomic mass is 10.2. The standard InChI is InChI=1S/C7H8ClNO2/c1-2-4-5(10)3-6(11)9-7(4)8/h3H,2H2,1H3,(H2,9,10,11). The molecule has 0 spiro atoms. The highest BCUT2D eigenvalue weighted by atomic mass is 35.5. The predicted octanol–water partition coefficient (Wildman–Crippen LogP) is 1.30. The number of halogens is 1. The minimum Gasteiger partial charge on any atom is -0.507 e. The van der Waals surface area contributed by atoms with Crippen LogP contribution in [-0.4, -0.2) is 10.1 Å². The number of aromatic hydroxyl groups is 1. The van der Waals surface area contributed by atoms with E-state index in [1.54, 1.807) is 0 Å². The molecule has 11 heavy (non-hydrogen) atoms. The topological polar surface area (TPSA) is 53.1 Å². The Hall–Kier alpha value is -0.960. The molecule has 3 nitrogen and oxygen atoms in total. The Morgan fingerprint density at radius 2 is 2.36 bits per heavy atom. The lowest BCUT2D eigenvalue weighted by Crippen LogP contribution is -2.05. The maximum absolute atomic E-state index is 10.7. The maximum atomic E-state index is 10.7. The summed E-state index contributed by atoms with van der Waals surface area (Å²) in [6, 6.07) is 1.12. The third-order valence-corrected chi connectivity index (χ3v) is 1.75. The lowest BCUT2D eigenvalue weighted by molar-refractivity contribution is 0.467. The van der Waals surface area contributed by atoms with E-state index < -0.39 is 0 Å². The van der Waals surface area contributed by atoms with Crippen molar-refractivity contribution in [3.8, 4) is 5.75 Å². The summed E-state index contributed by atoms with van der Waals surface area (Å²) >= 11 is 5.62. The third kappa shape index (κ3) is 1.54. The highest BCUT2D eigenvalue weighted by molar-refractivity contribution is 6.30. The molecule has 1 heterocycles. The Morgan fingerprint density at radius 3 is 2.82 bits per heavy atom. The van der Waals surface area contributed by atoms with Crippen LogP contribution in [0.1, 0.15) is 12.5 Å². The van der Waals surface area contributed by atoms with Crippen molar-refractivity contribution >= 4 is 11.6 Å². The Balaban J connectivity index is 3.36. The van der Waals surface area contributed by atoms with Gasteiger partial charge < -0.3 is 10.1 Å². The molecule has 0 saturated carbocycles. The zero-order valence-corrected chi connectivity index (χ0v) is 6.77. The molecule has 0 bridgehead atoms. The molecule has 0 atom stereocenters. The fourth-order valence-corrected chi connectivity index (χ4v) is 1.20. The molecule has 4 heteroatoms. The van der Waals surface area contributed by atoms with E-state index in [2.05, 4.69) is 4.98 Å². The van der Waals surface area contributed by atoms with Gasteiger partial charge in [-0.05, 0) is 6.42 Å². The van der Waals surface area contributed by atoms with Crippen LogP contribution in [-0.2, 0) is 6.42 Å². The van der Waals surface area contributed by atoms with Crippen molar-refractivity contribution in [3.63, 3.8) is 0 Å². The van der Waals surface area contributed by atoms with Gasteiger partial charge in [0.1, 0.15) is 10.9 Å². The van der Waals surface area contributed by atoms with Crippen LogP contribution in [0, 0.1) is 0 Å². The highest BCUT2D eigenvalue weighted by Gasteiger charge is 2.04. The van der Waals surface area contributed by atoms with Crippen LogP contribution in [0.4, 0.5) is 0 Å². The van der Waals surface area contributed by atoms with E-state index >= 15 is 0 Å². The van der Waals surface area contributed by atoms with E-state index in [4.69, 9.17) is 16.7 Å². The summed E-state index contributed by atoms with van der Waals surface area (Å²) in [6.07, 6.45) is 0.599. The number of hydrogen-bond acceptors (Lipinski definition) is 2. The molecule has 60 valence electrons. The van der Waals surface area contributed by atoms with Crippen LogP contribution in [0.5, 0.6) is 5.75 Å². The number of pyridine rings is 1. The summed E-state index contributed by atoms with van der Waals surface area (Å²) in [5.41, 5.74) is 0.191. The van der Waals surface area contributed by atoms with Gasteiger partial charge in [-0.25, -0.2) is 0 Å². The number of aromatic nitrogens is 1. The molecule has 1 aromatic rings. The minimum atomic E-state index is -0.385. The second-order valence-corrected chi connectivity index (χ2v) is 2.54. The second kappa shape index (κ2) is 2.96. The third-order valence-electron chi connectivity index (χ3n) is 1.43. The second-order valence-electron chi connectivity index (χ2n) is 2.16. The van der Waals surface area contributed by atoms with Gasteiger partial charge in [0.05, 0.1) is 0 Å². The summed E-state index contributed by atoms with van der Waals surface area (Å²) < 4.78 is 0. The summed E-state index contributed by atoms with van der Waals surface area (Å²) in [6.45, 7) is 1.85. The first kappa shape index (κ1) is 8.14. The molecule has 0 saturated heterocycles. The first-order chi connectivity index (χ1) is 5.15. The van der Waals surface area contributed by atoms with Gasteiger partial charge in [0.25, 0.3) is 5.56 Å². The number of nitrogens with one attached hydrogen (secondary N) is 1. The van der Waals surface area contributed by atoms with Crippen molar-refractivity contribution in [2.45, 2.75) is 13.3 Å². The van der Waals surface area contributed by atoms with Gasteiger partial charge in [-0.3, -0.25) is 4.79 Å². The Kier molecular flexibility index (Phi) is 2.19. The minimum absolute atomic E-state index is 0.0405. The number of hydrogen-bond donors (Lipinski definition) is 2. The van der Waals surface area contributed by atoms with Crippen LogP contribution < -0.4 is 5.56 Å². The Bertz CT molecular complexity index is 292. The van der Waals surface area contributed by atoms with Gasteiger partial charge in [0, 0.05) is 11.6 Å². The van der Waals surface area contributed by atoms with Crippen LogP contribution in [0.3, 0.4) is 0 Å². The van der Waals surface area contributed by atoms with E-state index in [0.717, 1.165) is 6.07 Å². The average molecular weight is 174 g/mol. The van der Waals surface area contributed by atoms with Gasteiger partial charge in [-0.1, -0.05) is 18.5 Å². The smallest absolute Gasteiger partial charge is 0.252 e. The molecular formula is C7H8ClNO2. The van der Waals surface area contributed by atoms with E-state index in [0.29, 0.717) is 12.0 Å². The average Bonchev–Trinajstić information content (AvgIpc) is 1.85. The van der Waals surface area contributed by atoms with E-state index in [-0.39, 0.29) is 16.5 Å².